The van der Waals surface area contributed by atoms with Gasteiger partial charge in [-0.15, -0.1) is 0 Å². The molecule has 4 rings (SSSR count). The average molecular weight is 385 g/mol. The van der Waals surface area contributed by atoms with E-state index in [4.69, 9.17) is 0 Å². The van der Waals surface area contributed by atoms with Crippen molar-refractivity contribution in [3.63, 3.8) is 0 Å². The molecule has 0 spiro atoms. The normalized spacial score (nSPS) is 24.6. The minimum Gasteiger partial charge on any atom is -0.369 e. The first-order valence-electron chi connectivity index (χ1n) is 10.7. The number of anilines is 2. The molecule has 1 N–H and O–H groups in total. The molecule has 1 atom stereocenters. The molecule has 1 unspecified atom stereocenters. The number of hydrogen-bond donors (Lipinski definition) is 1. The third kappa shape index (κ3) is 4.32. The van der Waals surface area contributed by atoms with Crippen LogP contribution in [0.3, 0.4) is 0 Å². The van der Waals surface area contributed by atoms with Gasteiger partial charge in [-0.2, -0.15) is 0 Å². The Balaban J connectivity index is 1.35. The van der Waals surface area contributed by atoms with Gasteiger partial charge < -0.3 is 20.0 Å². The van der Waals surface area contributed by atoms with E-state index in [0.717, 1.165) is 44.7 Å². The fourth-order valence-corrected chi connectivity index (χ4v) is 4.61. The fraction of sp³-hybridized carbons (Fsp3) is 0.636. The summed E-state index contributed by atoms with van der Waals surface area (Å²) in [6.45, 7) is 4.70. The van der Waals surface area contributed by atoms with Crippen molar-refractivity contribution in [2.45, 2.75) is 44.6 Å². The van der Waals surface area contributed by atoms with Crippen LogP contribution >= 0.6 is 0 Å². The lowest BCUT2D eigenvalue weighted by Crippen LogP contribution is -2.44. The highest BCUT2D eigenvalue weighted by Gasteiger charge is 2.36. The molecule has 6 heteroatoms. The largest absolute Gasteiger partial charge is 0.369 e. The number of piperazine rings is 1. The molecule has 1 saturated carbocycles. The molecule has 3 aliphatic rings. The summed E-state index contributed by atoms with van der Waals surface area (Å²) in [6.07, 6.45) is 6.12. The van der Waals surface area contributed by atoms with Crippen LogP contribution in [-0.2, 0) is 9.59 Å². The highest BCUT2D eigenvalue weighted by Crippen LogP contribution is 2.28. The van der Waals surface area contributed by atoms with Crippen LogP contribution in [0.15, 0.2) is 24.3 Å². The van der Waals surface area contributed by atoms with Gasteiger partial charge in [0, 0.05) is 56.6 Å². The zero-order valence-electron chi connectivity index (χ0n) is 16.9. The predicted octanol–water partition coefficient (Wildman–Crippen LogP) is 2.24. The highest BCUT2D eigenvalue weighted by atomic mass is 16.2. The Labute approximate surface area is 167 Å². The average Bonchev–Trinajstić information content (AvgIpc) is 3.11. The molecule has 2 saturated heterocycles. The molecule has 1 aliphatic carbocycles. The number of carbonyl (C=O) groups is 2. The Morgan fingerprint density at radius 3 is 2.29 bits per heavy atom. The van der Waals surface area contributed by atoms with E-state index in [9.17, 15) is 9.59 Å². The van der Waals surface area contributed by atoms with Crippen LogP contribution in [0.1, 0.15) is 38.5 Å². The Morgan fingerprint density at radius 1 is 0.964 bits per heavy atom. The number of amides is 2. The molecule has 3 fully saturated rings. The van der Waals surface area contributed by atoms with Crippen molar-refractivity contribution in [2.75, 3.05) is 49.6 Å². The van der Waals surface area contributed by atoms with Crippen LogP contribution in [0.25, 0.3) is 0 Å². The van der Waals surface area contributed by atoms with Gasteiger partial charge in [0.1, 0.15) is 0 Å². The van der Waals surface area contributed by atoms with Crippen LogP contribution < -0.4 is 15.1 Å². The van der Waals surface area contributed by atoms with Crippen LogP contribution in [0.5, 0.6) is 0 Å². The standard InChI is InChI=1S/C22H32N4O2/c1-24-11-13-25(14-12-24)19-7-9-20(10-8-19)26-16-17(15-21(26)27)22(28)23-18-5-3-2-4-6-18/h7-10,17-18H,2-6,11-16H2,1H3,(H,23,28). The van der Waals surface area contributed by atoms with Gasteiger partial charge in [-0.3, -0.25) is 9.59 Å². The summed E-state index contributed by atoms with van der Waals surface area (Å²) in [4.78, 5) is 31.7. The third-order valence-electron chi connectivity index (χ3n) is 6.48. The summed E-state index contributed by atoms with van der Waals surface area (Å²) < 4.78 is 0. The van der Waals surface area contributed by atoms with E-state index < -0.39 is 0 Å². The zero-order valence-corrected chi connectivity index (χ0v) is 16.9. The lowest BCUT2D eigenvalue weighted by Gasteiger charge is -2.34. The van der Waals surface area contributed by atoms with Crippen molar-refractivity contribution < 1.29 is 9.59 Å². The molecular weight excluding hydrogens is 352 g/mol. The number of hydrogen-bond acceptors (Lipinski definition) is 4. The van der Waals surface area contributed by atoms with E-state index in [1.807, 2.05) is 12.1 Å². The van der Waals surface area contributed by atoms with Gasteiger partial charge in [0.15, 0.2) is 0 Å². The van der Waals surface area contributed by atoms with Crippen LogP contribution in [0.4, 0.5) is 11.4 Å². The van der Waals surface area contributed by atoms with Crippen molar-refractivity contribution >= 4 is 23.2 Å². The molecule has 28 heavy (non-hydrogen) atoms. The minimum absolute atomic E-state index is 0.0520. The predicted molar refractivity (Wildman–Crippen MR) is 112 cm³/mol. The second kappa shape index (κ2) is 8.52. The van der Waals surface area contributed by atoms with Gasteiger partial charge in [-0.25, -0.2) is 0 Å². The lowest BCUT2D eigenvalue weighted by molar-refractivity contribution is -0.127. The van der Waals surface area contributed by atoms with Crippen LogP contribution in [0.2, 0.25) is 0 Å². The number of nitrogens with one attached hydrogen (secondary N) is 1. The van der Waals surface area contributed by atoms with Crippen LogP contribution in [-0.4, -0.2) is 62.5 Å². The van der Waals surface area contributed by atoms with Gasteiger partial charge in [0.25, 0.3) is 0 Å². The number of carbonyl (C=O) groups excluding carboxylic acids is 2. The Bertz CT molecular complexity index is 691. The van der Waals surface area contributed by atoms with Crippen molar-refractivity contribution in [3.05, 3.63) is 24.3 Å². The molecular formula is C22H32N4O2. The summed E-state index contributed by atoms with van der Waals surface area (Å²) in [6, 6.07) is 8.54. The summed E-state index contributed by atoms with van der Waals surface area (Å²) in [7, 11) is 2.15. The Hall–Kier alpha value is -2.08. The maximum atomic E-state index is 12.6. The van der Waals surface area contributed by atoms with Crippen molar-refractivity contribution in [2.24, 2.45) is 5.92 Å². The molecule has 2 amide bonds. The van der Waals surface area contributed by atoms with E-state index in [-0.39, 0.29) is 17.7 Å². The highest BCUT2D eigenvalue weighted by molar-refractivity contribution is 6.00. The lowest BCUT2D eigenvalue weighted by atomic mass is 9.95. The van der Waals surface area contributed by atoms with Gasteiger partial charge >= 0.3 is 0 Å². The quantitative estimate of drug-likeness (QED) is 0.865. The zero-order chi connectivity index (χ0) is 19.5. The number of likely N-dealkylation sites (N-methyl/N-ethyl adjacent to an activating group) is 1. The topological polar surface area (TPSA) is 55.9 Å². The molecule has 2 heterocycles. The van der Waals surface area contributed by atoms with E-state index in [1.54, 1.807) is 4.90 Å². The molecule has 1 aromatic carbocycles. The minimum atomic E-state index is -0.230. The van der Waals surface area contributed by atoms with E-state index in [0.29, 0.717) is 19.0 Å². The number of nitrogens with zero attached hydrogens (tertiary/aromatic N) is 3. The Kier molecular flexibility index (Phi) is 5.85. The molecule has 0 aromatic heterocycles. The number of rotatable bonds is 4. The van der Waals surface area contributed by atoms with Gasteiger partial charge in [-0.1, -0.05) is 19.3 Å². The monoisotopic (exact) mass is 384 g/mol. The van der Waals surface area contributed by atoms with E-state index >= 15 is 0 Å². The Morgan fingerprint density at radius 2 is 1.61 bits per heavy atom. The molecule has 152 valence electrons. The van der Waals surface area contributed by atoms with Gasteiger partial charge in [0.2, 0.25) is 11.8 Å². The van der Waals surface area contributed by atoms with Crippen molar-refractivity contribution in [3.8, 4) is 0 Å². The fourth-order valence-electron chi connectivity index (χ4n) is 4.61. The maximum Gasteiger partial charge on any atom is 0.227 e. The maximum absolute atomic E-state index is 12.6. The smallest absolute Gasteiger partial charge is 0.227 e. The molecule has 2 aliphatic heterocycles. The van der Waals surface area contributed by atoms with Gasteiger partial charge in [0.05, 0.1) is 5.92 Å². The second-order valence-electron chi connectivity index (χ2n) is 8.56. The third-order valence-corrected chi connectivity index (χ3v) is 6.48. The summed E-state index contributed by atoms with van der Waals surface area (Å²) in [5, 5.41) is 3.18. The number of benzene rings is 1. The van der Waals surface area contributed by atoms with E-state index in [2.05, 4.69) is 34.3 Å². The summed E-state index contributed by atoms with van der Waals surface area (Å²) >= 11 is 0. The van der Waals surface area contributed by atoms with E-state index in [1.165, 1.54) is 24.9 Å². The molecule has 0 radical (unpaired) electrons. The first-order chi connectivity index (χ1) is 13.6. The second-order valence-corrected chi connectivity index (χ2v) is 8.56. The summed E-state index contributed by atoms with van der Waals surface area (Å²) in [5.74, 6) is -0.125. The SMILES string of the molecule is CN1CCN(c2ccc(N3CC(C(=O)NC4CCCCC4)CC3=O)cc2)CC1. The van der Waals surface area contributed by atoms with Gasteiger partial charge in [-0.05, 0) is 44.2 Å². The van der Waals surface area contributed by atoms with Crippen molar-refractivity contribution in [1.82, 2.24) is 10.2 Å². The molecule has 0 bridgehead atoms. The first-order valence-corrected chi connectivity index (χ1v) is 10.7. The molecule has 6 nitrogen and oxygen atoms in total. The molecule has 1 aromatic rings. The van der Waals surface area contributed by atoms with Crippen molar-refractivity contribution in [1.29, 1.82) is 0 Å². The van der Waals surface area contributed by atoms with Crippen LogP contribution in [0, 0.1) is 5.92 Å². The first kappa shape index (κ1) is 19.2. The summed E-state index contributed by atoms with van der Waals surface area (Å²) in [5.41, 5.74) is 2.10.